The highest BCUT2D eigenvalue weighted by Gasteiger charge is 2.10. The average Bonchev–Trinajstić information content (AvgIpc) is 2.47. The lowest BCUT2D eigenvalue weighted by Gasteiger charge is -2.09. The second kappa shape index (κ2) is 7.85. The van der Waals surface area contributed by atoms with Gasteiger partial charge in [-0.05, 0) is 32.4 Å². The van der Waals surface area contributed by atoms with Crippen molar-refractivity contribution in [2.75, 3.05) is 5.32 Å². The van der Waals surface area contributed by atoms with Gasteiger partial charge in [-0.2, -0.15) is 5.26 Å². The number of benzene rings is 1. The van der Waals surface area contributed by atoms with Gasteiger partial charge in [-0.15, -0.1) is 0 Å². The molecule has 0 aromatic heterocycles. The van der Waals surface area contributed by atoms with Gasteiger partial charge in [-0.1, -0.05) is 19.1 Å². The van der Waals surface area contributed by atoms with E-state index in [1.54, 1.807) is 24.3 Å². The van der Waals surface area contributed by atoms with E-state index in [9.17, 15) is 9.59 Å². The number of hydrogen-bond acceptors (Lipinski definition) is 4. The number of nitriles is 1. The molecule has 1 atom stereocenters. The molecular formula is C16H19N3O2. The molecule has 1 unspecified atom stereocenters. The summed E-state index contributed by atoms with van der Waals surface area (Å²) in [4.78, 5) is 23.3. The predicted octanol–water partition coefficient (Wildman–Crippen LogP) is 2.62. The predicted molar refractivity (Wildman–Crippen MR) is 81.7 cm³/mol. The van der Waals surface area contributed by atoms with Crippen molar-refractivity contribution >= 4 is 17.4 Å². The number of amides is 1. The molecule has 0 spiro atoms. The minimum atomic E-state index is -0.506. The van der Waals surface area contributed by atoms with E-state index in [4.69, 9.17) is 5.26 Å². The summed E-state index contributed by atoms with van der Waals surface area (Å²) in [7, 11) is 0. The van der Waals surface area contributed by atoms with Gasteiger partial charge in [-0.25, -0.2) is 0 Å². The fourth-order valence-corrected chi connectivity index (χ4v) is 1.51. The van der Waals surface area contributed by atoms with Gasteiger partial charge in [0.15, 0.2) is 5.78 Å². The first kappa shape index (κ1) is 16.4. The van der Waals surface area contributed by atoms with E-state index in [2.05, 4.69) is 10.6 Å². The fraction of sp³-hybridized carbons (Fsp3) is 0.312. The normalized spacial score (nSPS) is 12.2. The van der Waals surface area contributed by atoms with E-state index in [-0.39, 0.29) is 17.4 Å². The number of hydrogen-bond donors (Lipinski definition) is 2. The highest BCUT2D eigenvalue weighted by molar-refractivity contribution is 6.07. The molecular weight excluding hydrogens is 266 g/mol. The van der Waals surface area contributed by atoms with Crippen molar-refractivity contribution in [3.05, 3.63) is 41.6 Å². The van der Waals surface area contributed by atoms with Crippen molar-refractivity contribution in [2.45, 2.75) is 33.2 Å². The van der Waals surface area contributed by atoms with Crippen molar-refractivity contribution in [3.8, 4) is 6.07 Å². The number of ketones is 1. The molecule has 0 fully saturated rings. The van der Waals surface area contributed by atoms with Crippen LogP contribution < -0.4 is 10.6 Å². The van der Waals surface area contributed by atoms with Gasteiger partial charge in [0, 0.05) is 23.5 Å². The first-order chi connectivity index (χ1) is 9.97. The van der Waals surface area contributed by atoms with Gasteiger partial charge >= 0.3 is 0 Å². The van der Waals surface area contributed by atoms with Gasteiger partial charge in [0.05, 0.1) is 0 Å². The molecule has 110 valence electrons. The number of carbonyl (C=O) groups excluding carboxylic acids is 2. The topological polar surface area (TPSA) is 82.0 Å². The monoisotopic (exact) mass is 285 g/mol. The Kier molecular flexibility index (Phi) is 6.15. The highest BCUT2D eigenvalue weighted by Crippen LogP contribution is 2.12. The van der Waals surface area contributed by atoms with Crippen molar-refractivity contribution in [1.29, 1.82) is 5.26 Å². The second-order valence-electron chi connectivity index (χ2n) is 4.74. The van der Waals surface area contributed by atoms with Gasteiger partial charge in [0.25, 0.3) is 5.91 Å². The third kappa shape index (κ3) is 5.11. The van der Waals surface area contributed by atoms with Crippen molar-refractivity contribution in [2.24, 2.45) is 0 Å². The molecule has 0 bridgehead atoms. The Bertz CT molecular complexity index is 600. The smallest absolute Gasteiger partial charge is 0.267 e. The lowest BCUT2D eigenvalue weighted by molar-refractivity contribution is -0.112. The number of nitrogens with one attached hydrogen (secondary N) is 2. The molecule has 0 aliphatic rings. The van der Waals surface area contributed by atoms with Crippen LogP contribution in [0.15, 0.2) is 36.0 Å². The molecule has 1 aromatic rings. The third-order valence-corrected chi connectivity index (χ3v) is 3.02. The minimum Gasteiger partial charge on any atom is -0.387 e. The Labute approximate surface area is 124 Å². The number of Topliss-reactive ketones (excluding diaryl/α,β-unsaturated/α-hetero) is 1. The summed E-state index contributed by atoms with van der Waals surface area (Å²) in [6, 6.07) is 8.64. The quantitative estimate of drug-likeness (QED) is 0.478. The van der Waals surface area contributed by atoms with E-state index in [0.717, 1.165) is 6.42 Å². The molecule has 1 rings (SSSR count). The first-order valence-electron chi connectivity index (χ1n) is 6.76. The van der Waals surface area contributed by atoms with Gasteiger partial charge < -0.3 is 10.6 Å². The molecule has 2 N–H and O–H groups in total. The molecule has 1 amide bonds. The van der Waals surface area contributed by atoms with E-state index in [1.165, 1.54) is 13.1 Å². The zero-order valence-corrected chi connectivity index (χ0v) is 12.4. The Morgan fingerprint density at radius 2 is 2.14 bits per heavy atom. The number of anilines is 1. The summed E-state index contributed by atoms with van der Waals surface area (Å²) >= 11 is 0. The van der Waals surface area contributed by atoms with Crippen LogP contribution in [0.25, 0.3) is 0 Å². The number of carbonyl (C=O) groups is 2. The molecule has 5 heteroatoms. The standard InChI is InChI=1S/C16H19N3O2/c1-4-11(2)18-10-14(9-17)16(21)19-15-7-5-6-13(8-15)12(3)20/h5-8,10-11,18H,4H2,1-3H3,(H,19,21)/b14-10-. The zero-order valence-electron chi connectivity index (χ0n) is 12.4. The van der Waals surface area contributed by atoms with Crippen molar-refractivity contribution in [3.63, 3.8) is 0 Å². The van der Waals surface area contributed by atoms with E-state index in [0.29, 0.717) is 11.3 Å². The Morgan fingerprint density at radius 1 is 1.43 bits per heavy atom. The number of rotatable bonds is 6. The molecule has 0 radical (unpaired) electrons. The molecule has 0 saturated heterocycles. The molecule has 0 aliphatic heterocycles. The summed E-state index contributed by atoms with van der Waals surface area (Å²) < 4.78 is 0. The van der Waals surface area contributed by atoms with E-state index in [1.807, 2.05) is 19.9 Å². The third-order valence-electron chi connectivity index (χ3n) is 3.02. The maximum atomic E-state index is 12.0. The zero-order chi connectivity index (χ0) is 15.8. The average molecular weight is 285 g/mol. The largest absolute Gasteiger partial charge is 0.387 e. The first-order valence-corrected chi connectivity index (χ1v) is 6.76. The Hall–Kier alpha value is -2.61. The van der Waals surface area contributed by atoms with Crippen LogP contribution >= 0.6 is 0 Å². The van der Waals surface area contributed by atoms with Crippen LogP contribution in [-0.2, 0) is 4.79 Å². The minimum absolute atomic E-state index is 0.0106. The maximum absolute atomic E-state index is 12.0. The van der Waals surface area contributed by atoms with Crippen molar-refractivity contribution < 1.29 is 9.59 Å². The van der Waals surface area contributed by atoms with Crippen LogP contribution in [0.5, 0.6) is 0 Å². The molecule has 5 nitrogen and oxygen atoms in total. The second-order valence-corrected chi connectivity index (χ2v) is 4.74. The van der Waals surface area contributed by atoms with Crippen LogP contribution in [0.3, 0.4) is 0 Å². The fourth-order valence-electron chi connectivity index (χ4n) is 1.51. The summed E-state index contributed by atoms with van der Waals surface area (Å²) in [6.45, 7) is 5.42. The van der Waals surface area contributed by atoms with Crippen LogP contribution in [0.4, 0.5) is 5.69 Å². The van der Waals surface area contributed by atoms with Crippen LogP contribution in [0, 0.1) is 11.3 Å². The van der Waals surface area contributed by atoms with Gasteiger partial charge in [-0.3, -0.25) is 9.59 Å². The van der Waals surface area contributed by atoms with Crippen LogP contribution in [0.2, 0.25) is 0 Å². The van der Waals surface area contributed by atoms with Gasteiger partial charge in [0.1, 0.15) is 11.6 Å². The SMILES string of the molecule is CCC(C)N/C=C(/C#N)C(=O)Nc1cccc(C(C)=O)c1. The molecule has 21 heavy (non-hydrogen) atoms. The van der Waals surface area contributed by atoms with Crippen LogP contribution in [0.1, 0.15) is 37.6 Å². The Morgan fingerprint density at radius 3 is 2.71 bits per heavy atom. The van der Waals surface area contributed by atoms with Crippen LogP contribution in [-0.4, -0.2) is 17.7 Å². The maximum Gasteiger partial charge on any atom is 0.267 e. The van der Waals surface area contributed by atoms with Gasteiger partial charge in [0.2, 0.25) is 0 Å². The van der Waals surface area contributed by atoms with E-state index < -0.39 is 5.91 Å². The molecule has 0 saturated carbocycles. The Balaban J connectivity index is 2.81. The summed E-state index contributed by atoms with van der Waals surface area (Å²) in [6.07, 6.45) is 2.30. The van der Waals surface area contributed by atoms with Crippen molar-refractivity contribution in [1.82, 2.24) is 5.32 Å². The highest BCUT2D eigenvalue weighted by atomic mass is 16.1. The summed E-state index contributed by atoms with van der Waals surface area (Å²) in [5.41, 5.74) is 0.980. The molecule has 0 aliphatic carbocycles. The summed E-state index contributed by atoms with van der Waals surface area (Å²) in [5.74, 6) is -0.588. The summed E-state index contributed by atoms with van der Waals surface area (Å²) in [5, 5.41) is 14.6. The lowest BCUT2D eigenvalue weighted by atomic mass is 10.1. The number of nitrogens with zero attached hydrogens (tertiary/aromatic N) is 1. The molecule has 1 aromatic carbocycles. The van der Waals surface area contributed by atoms with E-state index >= 15 is 0 Å². The molecule has 0 heterocycles. The lowest BCUT2D eigenvalue weighted by Crippen LogP contribution is -2.22.